The first-order chi connectivity index (χ1) is 12.6. The van der Waals surface area contributed by atoms with E-state index in [0.29, 0.717) is 19.0 Å². The molecule has 7 heteroatoms. The Morgan fingerprint density at radius 2 is 1.96 bits per heavy atom. The molecule has 2 rings (SSSR count). The zero-order chi connectivity index (χ0) is 18.8. The average molecular weight is 486 g/mol. The molecule has 27 heavy (non-hydrogen) atoms. The van der Waals surface area contributed by atoms with Gasteiger partial charge in [-0.3, -0.25) is 4.98 Å². The summed E-state index contributed by atoms with van der Waals surface area (Å²) >= 11 is 0. The van der Waals surface area contributed by atoms with E-state index in [-0.39, 0.29) is 41.6 Å². The second kappa shape index (κ2) is 12.5. The maximum atomic E-state index is 13.8. The first kappa shape index (κ1) is 23.1. The number of rotatable bonds is 8. The lowest BCUT2D eigenvalue weighted by molar-refractivity contribution is 0.191. The van der Waals surface area contributed by atoms with E-state index in [0.717, 1.165) is 24.2 Å². The number of nitrogens with one attached hydrogen (secondary N) is 2. The van der Waals surface area contributed by atoms with Gasteiger partial charge in [0.2, 0.25) is 0 Å². The Bertz CT molecular complexity index is 727. The van der Waals surface area contributed by atoms with E-state index in [9.17, 15) is 4.39 Å². The van der Waals surface area contributed by atoms with Crippen LogP contribution in [0.1, 0.15) is 31.5 Å². The third-order valence-corrected chi connectivity index (χ3v) is 3.93. The molecule has 1 aromatic heterocycles. The van der Waals surface area contributed by atoms with Crippen LogP contribution in [-0.4, -0.2) is 30.1 Å². The number of hydrogen-bond acceptors (Lipinski definition) is 3. The molecule has 0 fully saturated rings. The number of aromatic nitrogens is 1. The van der Waals surface area contributed by atoms with Gasteiger partial charge in [-0.05, 0) is 44.0 Å². The Morgan fingerprint density at radius 1 is 1.19 bits per heavy atom. The standard InChI is InChI=1S/C20H27FN4O.HI/c1-4-16(26-19-11-7-6-10-17(19)21)13-24-20(22-5-2)25-14-18-15(3)9-8-12-23-18;/h6-12,16H,4-5,13-14H2,1-3H3,(H2,22,24,25);1H. The van der Waals surface area contributed by atoms with Crippen molar-refractivity contribution in [1.29, 1.82) is 0 Å². The van der Waals surface area contributed by atoms with Gasteiger partial charge >= 0.3 is 0 Å². The van der Waals surface area contributed by atoms with Gasteiger partial charge in [-0.1, -0.05) is 25.1 Å². The smallest absolute Gasteiger partial charge is 0.191 e. The van der Waals surface area contributed by atoms with E-state index in [4.69, 9.17) is 4.74 Å². The van der Waals surface area contributed by atoms with Gasteiger partial charge in [0.05, 0.1) is 18.8 Å². The molecule has 1 aromatic carbocycles. The highest BCUT2D eigenvalue weighted by molar-refractivity contribution is 14.0. The molecule has 0 aliphatic heterocycles. The summed E-state index contributed by atoms with van der Waals surface area (Å²) in [4.78, 5) is 8.94. The van der Waals surface area contributed by atoms with Crippen molar-refractivity contribution in [1.82, 2.24) is 15.6 Å². The molecular formula is C20H28FIN4O. The van der Waals surface area contributed by atoms with E-state index < -0.39 is 0 Å². The lowest BCUT2D eigenvalue weighted by atomic mass is 10.2. The lowest BCUT2D eigenvalue weighted by Gasteiger charge is -2.20. The quantitative estimate of drug-likeness (QED) is 0.336. The number of para-hydroxylation sites is 1. The highest BCUT2D eigenvalue weighted by Gasteiger charge is 2.12. The summed E-state index contributed by atoms with van der Waals surface area (Å²) < 4.78 is 19.5. The first-order valence-electron chi connectivity index (χ1n) is 8.97. The van der Waals surface area contributed by atoms with Gasteiger partial charge in [-0.15, -0.1) is 24.0 Å². The van der Waals surface area contributed by atoms with Gasteiger partial charge in [0.15, 0.2) is 17.5 Å². The van der Waals surface area contributed by atoms with E-state index in [1.807, 2.05) is 32.9 Å². The third kappa shape index (κ3) is 7.70. The maximum absolute atomic E-state index is 13.8. The lowest BCUT2D eigenvalue weighted by Crippen LogP contribution is -2.42. The minimum atomic E-state index is -0.350. The minimum absolute atomic E-state index is 0. The fourth-order valence-electron chi connectivity index (χ4n) is 2.38. The molecule has 0 saturated carbocycles. The van der Waals surface area contributed by atoms with E-state index in [2.05, 4.69) is 20.6 Å². The molecule has 0 aliphatic rings. The number of hydrogen-bond donors (Lipinski definition) is 2. The van der Waals surface area contributed by atoms with Gasteiger partial charge in [0.25, 0.3) is 0 Å². The molecule has 0 bridgehead atoms. The maximum Gasteiger partial charge on any atom is 0.191 e. The van der Waals surface area contributed by atoms with Crippen LogP contribution < -0.4 is 15.4 Å². The number of guanidine groups is 1. The number of halogens is 2. The second-order valence-corrected chi connectivity index (χ2v) is 5.92. The molecule has 1 heterocycles. The highest BCUT2D eigenvalue weighted by atomic mass is 127. The largest absolute Gasteiger partial charge is 0.486 e. The SMILES string of the molecule is CCNC(=NCc1ncccc1C)NCC(CC)Oc1ccccc1F.I. The highest BCUT2D eigenvalue weighted by Crippen LogP contribution is 2.17. The van der Waals surface area contributed by atoms with E-state index in [1.165, 1.54) is 6.07 Å². The van der Waals surface area contributed by atoms with Gasteiger partial charge in [-0.25, -0.2) is 9.38 Å². The van der Waals surface area contributed by atoms with Crippen molar-refractivity contribution in [3.63, 3.8) is 0 Å². The van der Waals surface area contributed by atoms with Crippen LogP contribution in [0.4, 0.5) is 4.39 Å². The van der Waals surface area contributed by atoms with Crippen LogP contribution in [0.15, 0.2) is 47.6 Å². The van der Waals surface area contributed by atoms with E-state index in [1.54, 1.807) is 24.4 Å². The van der Waals surface area contributed by atoms with Gasteiger partial charge in [-0.2, -0.15) is 0 Å². The molecule has 148 valence electrons. The number of aryl methyl sites for hydroxylation is 1. The van der Waals surface area contributed by atoms with Crippen molar-refractivity contribution in [2.45, 2.75) is 39.8 Å². The predicted molar refractivity (Wildman–Crippen MR) is 118 cm³/mol. The molecule has 1 atom stereocenters. The Morgan fingerprint density at radius 3 is 2.63 bits per heavy atom. The molecule has 0 aliphatic carbocycles. The summed E-state index contributed by atoms with van der Waals surface area (Å²) in [5.41, 5.74) is 2.06. The van der Waals surface area contributed by atoms with Gasteiger partial charge < -0.3 is 15.4 Å². The number of pyridine rings is 1. The van der Waals surface area contributed by atoms with Gasteiger partial charge in [0.1, 0.15) is 6.10 Å². The summed E-state index contributed by atoms with van der Waals surface area (Å²) in [6, 6.07) is 10.4. The van der Waals surface area contributed by atoms with Crippen molar-refractivity contribution in [3.8, 4) is 5.75 Å². The summed E-state index contributed by atoms with van der Waals surface area (Å²) in [7, 11) is 0. The monoisotopic (exact) mass is 486 g/mol. The minimum Gasteiger partial charge on any atom is -0.486 e. The van der Waals surface area contributed by atoms with Crippen LogP contribution in [-0.2, 0) is 6.54 Å². The Balaban J connectivity index is 0.00000364. The summed E-state index contributed by atoms with van der Waals surface area (Å²) in [5.74, 6) is 0.609. The molecule has 0 radical (unpaired) electrons. The predicted octanol–water partition coefficient (Wildman–Crippen LogP) is 4.06. The van der Waals surface area contributed by atoms with Crippen LogP contribution in [0.5, 0.6) is 5.75 Å². The number of nitrogens with zero attached hydrogens (tertiary/aromatic N) is 2. The molecule has 0 saturated heterocycles. The van der Waals surface area contributed by atoms with Crippen molar-refractivity contribution < 1.29 is 9.13 Å². The van der Waals surface area contributed by atoms with Crippen LogP contribution in [0.2, 0.25) is 0 Å². The second-order valence-electron chi connectivity index (χ2n) is 5.92. The van der Waals surface area contributed by atoms with Crippen LogP contribution in [0, 0.1) is 12.7 Å². The zero-order valence-corrected chi connectivity index (χ0v) is 18.4. The third-order valence-electron chi connectivity index (χ3n) is 3.93. The van der Waals surface area contributed by atoms with Crippen molar-refractivity contribution in [2.75, 3.05) is 13.1 Å². The van der Waals surface area contributed by atoms with Crippen molar-refractivity contribution in [2.24, 2.45) is 4.99 Å². The van der Waals surface area contributed by atoms with Gasteiger partial charge in [0, 0.05) is 12.7 Å². The molecule has 0 amide bonds. The molecule has 5 nitrogen and oxygen atoms in total. The summed E-state index contributed by atoms with van der Waals surface area (Å²) in [6.45, 7) is 7.81. The Kier molecular flexibility index (Phi) is 10.7. The first-order valence-corrected chi connectivity index (χ1v) is 8.97. The fraction of sp³-hybridized carbons (Fsp3) is 0.400. The molecular weight excluding hydrogens is 458 g/mol. The van der Waals surface area contributed by atoms with Crippen molar-refractivity contribution in [3.05, 3.63) is 59.7 Å². The number of ether oxygens (including phenoxy) is 1. The molecule has 2 aromatic rings. The molecule has 1 unspecified atom stereocenters. The van der Waals surface area contributed by atoms with E-state index >= 15 is 0 Å². The molecule has 2 N–H and O–H groups in total. The number of aliphatic imine (C=N–C) groups is 1. The number of benzene rings is 1. The normalized spacial score (nSPS) is 12.1. The topological polar surface area (TPSA) is 58.5 Å². The zero-order valence-electron chi connectivity index (χ0n) is 16.0. The summed E-state index contributed by atoms with van der Waals surface area (Å²) in [5, 5.41) is 6.47. The Labute approximate surface area is 177 Å². The van der Waals surface area contributed by atoms with Crippen LogP contribution in [0.3, 0.4) is 0 Å². The van der Waals surface area contributed by atoms with Crippen LogP contribution in [0.25, 0.3) is 0 Å². The summed E-state index contributed by atoms with van der Waals surface area (Å²) in [6.07, 6.45) is 2.36. The average Bonchev–Trinajstić information content (AvgIpc) is 2.65. The van der Waals surface area contributed by atoms with Crippen molar-refractivity contribution >= 4 is 29.9 Å². The Hall–Kier alpha value is -1.90. The fourth-order valence-corrected chi connectivity index (χ4v) is 2.38. The van der Waals surface area contributed by atoms with Crippen LogP contribution >= 0.6 is 24.0 Å². The molecule has 0 spiro atoms.